The van der Waals surface area contributed by atoms with E-state index in [9.17, 15) is 4.39 Å². The third-order valence-corrected chi connectivity index (χ3v) is 17.2. The number of nitrogens with zero attached hydrogens (tertiary/aromatic N) is 4. The van der Waals surface area contributed by atoms with Crippen LogP contribution in [0.3, 0.4) is 0 Å². The number of rotatable bonds is 23. The largest absolute Gasteiger partial charge is 0.304 e. The van der Waals surface area contributed by atoms with Crippen LogP contribution in [0.15, 0.2) is 237 Å². The van der Waals surface area contributed by atoms with E-state index in [2.05, 4.69) is 250 Å². The number of halogens is 1. The molecule has 4 aromatic heterocycles. The molecule has 0 aliphatic rings. The van der Waals surface area contributed by atoms with Gasteiger partial charge in [0, 0.05) is 111 Å². The predicted octanol–water partition coefficient (Wildman–Crippen LogP) is 24.8. The first-order chi connectivity index (χ1) is 46.9. The minimum atomic E-state index is -0.257. The van der Waals surface area contributed by atoms with Crippen LogP contribution < -0.4 is 0 Å². The molecule has 9 heteroatoms. The van der Waals surface area contributed by atoms with Gasteiger partial charge in [-0.2, -0.15) is 0 Å². The number of pyridine rings is 4. The van der Waals surface area contributed by atoms with Crippen LogP contribution in [0.25, 0.3) is 89.5 Å². The van der Waals surface area contributed by atoms with Crippen molar-refractivity contribution in [2.75, 3.05) is 0 Å². The van der Waals surface area contributed by atoms with E-state index in [1.807, 2.05) is 80.2 Å². The van der Waals surface area contributed by atoms with Gasteiger partial charge in [0.2, 0.25) is 0 Å². The Morgan fingerprint density at radius 1 is 0.280 bits per heavy atom. The second kappa shape index (κ2) is 45.0. The normalized spacial score (nSPS) is 10.3. The van der Waals surface area contributed by atoms with Crippen molar-refractivity contribution in [3.63, 3.8) is 0 Å². The maximum absolute atomic E-state index is 14.3. The quantitative estimate of drug-likeness (QED) is 0.0473. The molecule has 8 aromatic carbocycles. The minimum Gasteiger partial charge on any atom is -0.304 e. The Morgan fingerprint density at radius 2 is 0.560 bits per heavy atom. The number of hydrogen-bond donors (Lipinski definition) is 0. The van der Waals surface area contributed by atoms with Gasteiger partial charge in [0.15, 0.2) is 0 Å². The van der Waals surface area contributed by atoms with E-state index in [1.54, 1.807) is 0 Å². The van der Waals surface area contributed by atoms with Gasteiger partial charge in [-0.25, -0.2) is 0 Å². The Morgan fingerprint density at radius 3 is 0.860 bits per heavy atom. The molecular formula is C91H93FIr4N4-4. The summed E-state index contributed by atoms with van der Waals surface area (Å²) in [6.07, 6.45) is 26.1. The fourth-order valence-electron chi connectivity index (χ4n) is 11.3. The van der Waals surface area contributed by atoms with Crippen molar-refractivity contribution in [2.45, 2.75) is 152 Å². The van der Waals surface area contributed by atoms with Gasteiger partial charge >= 0.3 is 0 Å². The van der Waals surface area contributed by atoms with Crippen LogP contribution >= 0.6 is 0 Å². The molecule has 524 valence electrons. The van der Waals surface area contributed by atoms with Gasteiger partial charge < -0.3 is 19.9 Å². The summed E-state index contributed by atoms with van der Waals surface area (Å²) in [4.78, 5) is 17.9. The zero-order valence-electron chi connectivity index (χ0n) is 59.1. The fraction of sp³-hybridized carbons (Fsp3) is 0.253. The van der Waals surface area contributed by atoms with E-state index in [1.165, 1.54) is 162 Å². The van der Waals surface area contributed by atoms with Gasteiger partial charge in [-0.3, -0.25) is 4.39 Å². The SMILES string of the molecule is CCCCCCc1ccc(-c2cc[c-]c(-c3ccc(C)cn3)c2)cc1.CCCCCc1ccc(-c2cc[c-]c(-c3ccc(C)cn3)c2)cc1.CCCCc1ccc(-c2cc(-c3ccc(C)cn3)[c-]cc2F)cc1.CCCCc1ccc(-c2cc[c-]c(-c3ccc(C)cn3)c2)cc1.[Ir].[Ir].[Ir].[Ir]. The van der Waals surface area contributed by atoms with Crippen LogP contribution in [-0.4, -0.2) is 19.9 Å². The molecule has 0 N–H and O–H groups in total. The second-order valence-corrected chi connectivity index (χ2v) is 25.2. The summed E-state index contributed by atoms with van der Waals surface area (Å²) in [6.45, 7) is 17.1. The summed E-state index contributed by atoms with van der Waals surface area (Å²) in [7, 11) is 0. The van der Waals surface area contributed by atoms with Crippen LogP contribution in [0.1, 0.15) is 143 Å². The van der Waals surface area contributed by atoms with Crippen molar-refractivity contribution >= 4 is 0 Å². The van der Waals surface area contributed by atoms with Gasteiger partial charge in [0.1, 0.15) is 0 Å². The molecule has 0 aliphatic heterocycles. The molecule has 0 bridgehead atoms. The zero-order valence-corrected chi connectivity index (χ0v) is 68.7. The Bertz CT molecular complexity index is 4260. The fourth-order valence-corrected chi connectivity index (χ4v) is 11.3. The summed E-state index contributed by atoms with van der Waals surface area (Å²) in [5, 5.41) is 0. The predicted molar refractivity (Wildman–Crippen MR) is 403 cm³/mol. The molecule has 0 fully saturated rings. The third kappa shape index (κ3) is 26.4. The van der Waals surface area contributed by atoms with Crippen molar-refractivity contribution < 1.29 is 84.8 Å². The Balaban J connectivity index is 0.000000237. The van der Waals surface area contributed by atoms with E-state index in [0.717, 1.165) is 69.0 Å². The summed E-state index contributed by atoms with van der Waals surface area (Å²) in [6, 6.07) is 86.3. The molecule has 4 nitrogen and oxygen atoms in total. The third-order valence-electron chi connectivity index (χ3n) is 17.2. The molecule has 100 heavy (non-hydrogen) atoms. The molecule has 0 saturated carbocycles. The van der Waals surface area contributed by atoms with Crippen LogP contribution in [0.2, 0.25) is 0 Å². The molecule has 4 heterocycles. The van der Waals surface area contributed by atoms with Gasteiger partial charge in [-0.1, -0.05) is 224 Å². The molecule has 0 spiro atoms. The van der Waals surface area contributed by atoms with E-state index in [4.69, 9.17) is 0 Å². The monoisotopic (exact) mass is 2030 g/mol. The van der Waals surface area contributed by atoms with Gasteiger partial charge in [0.05, 0.1) is 0 Å². The van der Waals surface area contributed by atoms with E-state index < -0.39 is 0 Å². The van der Waals surface area contributed by atoms with Crippen LogP contribution in [0, 0.1) is 57.8 Å². The second-order valence-electron chi connectivity index (χ2n) is 25.2. The van der Waals surface area contributed by atoms with Gasteiger partial charge in [0.25, 0.3) is 0 Å². The molecule has 12 aromatic rings. The Hall–Kier alpha value is -7.11. The first kappa shape index (κ1) is 83.5. The van der Waals surface area contributed by atoms with Gasteiger partial charge in [-0.05, 0) is 169 Å². The molecule has 0 unspecified atom stereocenters. The number of aromatic nitrogens is 4. The van der Waals surface area contributed by atoms with Crippen molar-refractivity contribution in [3.8, 4) is 89.5 Å². The van der Waals surface area contributed by atoms with E-state index >= 15 is 0 Å². The minimum absolute atomic E-state index is 0. The summed E-state index contributed by atoms with van der Waals surface area (Å²) >= 11 is 0. The smallest absolute Gasteiger partial charge is 0.0456 e. The van der Waals surface area contributed by atoms with Crippen molar-refractivity contribution in [1.82, 2.24) is 19.9 Å². The average molecular weight is 2030 g/mol. The maximum Gasteiger partial charge on any atom is 0.0456 e. The summed E-state index contributed by atoms with van der Waals surface area (Å²) in [5.74, 6) is -0.257. The Labute approximate surface area is 651 Å². The number of hydrogen-bond acceptors (Lipinski definition) is 4. The average Bonchev–Trinajstić information content (AvgIpc) is 0.837. The molecule has 0 saturated heterocycles. The summed E-state index contributed by atoms with van der Waals surface area (Å²) < 4.78 is 14.3. The first-order valence-electron chi connectivity index (χ1n) is 34.8. The van der Waals surface area contributed by atoms with Crippen LogP contribution in [0.4, 0.5) is 4.39 Å². The van der Waals surface area contributed by atoms with E-state index in [-0.39, 0.29) is 86.2 Å². The number of aryl methyl sites for hydroxylation is 8. The molecule has 4 radical (unpaired) electrons. The molecule has 0 aliphatic carbocycles. The van der Waals surface area contributed by atoms with Crippen molar-refractivity contribution in [2.24, 2.45) is 0 Å². The zero-order chi connectivity index (χ0) is 67.3. The van der Waals surface area contributed by atoms with Crippen molar-refractivity contribution in [3.05, 3.63) is 312 Å². The van der Waals surface area contributed by atoms with Gasteiger partial charge in [-0.15, -0.1) is 130 Å². The number of benzene rings is 8. The maximum atomic E-state index is 14.3. The van der Waals surface area contributed by atoms with Crippen LogP contribution in [-0.2, 0) is 106 Å². The van der Waals surface area contributed by atoms with E-state index in [0.29, 0.717) is 5.56 Å². The standard InChI is InChI=1S/C24H26N.C23H24N.C22H21FN.C22H22N.4Ir/c1-3-4-5-6-8-20-12-14-21(15-13-20)22-9-7-10-23(17-22)24-16-11-19(2)18-25-24;1-3-4-5-7-19-11-13-20(14-12-19)21-8-6-9-22(16-21)23-15-10-18(2)17-24-23;1-3-4-5-17-7-9-18(10-8-17)20-14-19(11-12-21(20)23)22-13-6-16(2)15-24-22;1-3-4-6-18-10-12-19(13-11-18)20-7-5-8-21(15-20)22-14-9-17(2)16-23-22;;;;/h7,9,11-18H,3-6,8H2,1-2H3;6,8,10-17H,3-5,7H2,1-2H3;6-10,12-15H,3-5H2,1-2H3;5,7,9-16H,3-4,6H2,1-2H3;;;;/q4*-1;;;;. The van der Waals surface area contributed by atoms with Crippen molar-refractivity contribution in [1.29, 1.82) is 0 Å². The summed E-state index contributed by atoms with van der Waals surface area (Å²) in [5.41, 5.74) is 26.7. The first-order valence-corrected chi connectivity index (χ1v) is 34.8. The number of unbranched alkanes of at least 4 members (excludes halogenated alkanes) is 7. The molecule has 0 atom stereocenters. The molecule has 0 amide bonds. The molecular weight excluding hydrogens is 1940 g/mol. The van der Waals surface area contributed by atoms with Crippen LogP contribution in [0.5, 0.6) is 0 Å². The topological polar surface area (TPSA) is 51.6 Å². The molecule has 12 rings (SSSR count). The Kier molecular flexibility index (Phi) is 37.6.